The minimum atomic E-state index is -0.483. The van der Waals surface area contributed by atoms with Crippen molar-refractivity contribution in [2.24, 2.45) is 23.7 Å². The molecule has 2 fully saturated rings. The van der Waals surface area contributed by atoms with Crippen LogP contribution in [-0.2, 0) is 14.3 Å². The van der Waals surface area contributed by atoms with Crippen LogP contribution in [0.2, 0.25) is 0 Å². The highest BCUT2D eigenvalue weighted by molar-refractivity contribution is 6.23. The monoisotopic (exact) mass is 297 g/mol. The summed E-state index contributed by atoms with van der Waals surface area (Å²) in [7, 11) is 1.30. The van der Waals surface area contributed by atoms with Gasteiger partial charge in [0.1, 0.15) is 0 Å². The van der Waals surface area contributed by atoms with Gasteiger partial charge in [0.05, 0.1) is 30.2 Å². The Bertz CT molecular complexity index is 693. The third-order valence-electron chi connectivity index (χ3n) is 5.00. The quantitative estimate of drug-likeness (QED) is 0.474. The van der Waals surface area contributed by atoms with Gasteiger partial charge in [0, 0.05) is 0 Å². The second-order valence-corrected chi connectivity index (χ2v) is 6.05. The van der Waals surface area contributed by atoms with E-state index in [0.717, 1.165) is 6.42 Å². The van der Waals surface area contributed by atoms with Gasteiger partial charge < -0.3 is 4.74 Å². The first-order valence-corrected chi connectivity index (χ1v) is 7.36. The topological polar surface area (TPSA) is 63.7 Å². The van der Waals surface area contributed by atoms with Gasteiger partial charge in [0.25, 0.3) is 0 Å². The van der Waals surface area contributed by atoms with Crippen molar-refractivity contribution in [1.82, 2.24) is 0 Å². The Kier molecular flexibility index (Phi) is 2.73. The number of ether oxygens (including phenoxy) is 1. The Balaban J connectivity index is 1.71. The van der Waals surface area contributed by atoms with Crippen LogP contribution in [0, 0.1) is 23.7 Å². The van der Waals surface area contributed by atoms with Gasteiger partial charge in [-0.25, -0.2) is 9.69 Å². The number of allylic oxidation sites excluding steroid dienone is 2. The second-order valence-electron chi connectivity index (χ2n) is 6.05. The molecule has 1 aromatic carbocycles. The predicted molar refractivity (Wildman–Crippen MR) is 78.0 cm³/mol. The van der Waals surface area contributed by atoms with E-state index in [1.807, 2.05) is 0 Å². The van der Waals surface area contributed by atoms with Gasteiger partial charge >= 0.3 is 5.97 Å². The molecule has 5 heteroatoms. The van der Waals surface area contributed by atoms with Crippen molar-refractivity contribution in [2.45, 2.75) is 6.42 Å². The molecule has 0 aromatic heterocycles. The summed E-state index contributed by atoms with van der Waals surface area (Å²) in [6.45, 7) is 0. The molecule has 0 spiro atoms. The maximum atomic E-state index is 12.7. The average Bonchev–Trinajstić information content (AvgIpc) is 3.21. The van der Waals surface area contributed by atoms with Gasteiger partial charge in [-0.1, -0.05) is 18.2 Å². The lowest BCUT2D eigenvalue weighted by Crippen LogP contribution is -2.33. The standard InChI is InChI=1S/C17H15NO4/c1-22-17(21)11-3-2-4-12(8-11)18-15(19)13-9-5-6-10(7-9)14(13)16(18)20/h2-6,8-10,13-14H,7H2,1H3/t9-,10+,13+,14-. The smallest absolute Gasteiger partial charge is 0.337 e. The van der Waals surface area contributed by atoms with E-state index >= 15 is 0 Å². The molecule has 0 radical (unpaired) electrons. The summed E-state index contributed by atoms with van der Waals surface area (Å²) in [5, 5.41) is 0. The Labute approximate surface area is 127 Å². The minimum absolute atomic E-state index is 0.145. The van der Waals surface area contributed by atoms with Crippen molar-refractivity contribution in [1.29, 1.82) is 0 Å². The van der Waals surface area contributed by atoms with Gasteiger partial charge in [-0.3, -0.25) is 9.59 Å². The van der Waals surface area contributed by atoms with Crippen LogP contribution in [0.4, 0.5) is 5.69 Å². The van der Waals surface area contributed by atoms with Gasteiger partial charge in [0.15, 0.2) is 0 Å². The van der Waals surface area contributed by atoms with Crippen LogP contribution in [0.1, 0.15) is 16.8 Å². The first-order valence-electron chi connectivity index (χ1n) is 7.36. The molecular formula is C17H15NO4. The van der Waals surface area contributed by atoms with E-state index in [2.05, 4.69) is 16.9 Å². The Hall–Kier alpha value is -2.43. The van der Waals surface area contributed by atoms with Gasteiger partial charge in [-0.05, 0) is 36.5 Å². The summed E-state index contributed by atoms with van der Waals surface area (Å²) in [5.41, 5.74) is 0.783. The number of imide groups is 1. The van der Waals surface area contributed by atoms with Crippen molar-refractivity contribution in [3.8, 4) is 0 Å². The molecule has 1 heterocycles. The summed E-state index contributed by atoms with van der Waals surface area (Å²) in [4.78, 5) is 38.3. The fourth-order valence-corrected chi connectivity index (χ4v) is 4.05. The van der Waals surface area contributed by atoms with Crippen LogP contribution in [0.25, 0.3) is 0 Å². The van der Waals surface area contributed by atoms with Crippen molar-refractivity contribution < 1.29 is 19.1 Å². The molecule has 2 bridgehead atoms. The molecule has 2 amide bonds. The maximum Gasteiger partial charge on any atom is 0.337 e. The molecule has 4 rings (SSSR count). The third-order valence-corrected chi connectivity index (χ3v) is 5.00. The van der Waals surface area contributed by atoms with Crippen LogP contribution in [0.5, 0.6) is 0 Å². The number of carbonyl (C=O) groups is 3. The summed E-state index contributed by atoms with van der Waals surface area (Å²) in [6, 6.07) is 6.48. The van der Waals surface area contributed by atoms with Crippen LogP contribution >= 0.6 is 0 Å². The van der Waals surface area contributed by atoms with E-state index in [0.29, 0.717) is 11.3 Å². The number of hydrogen-bond acceptors (Lipinski definition) is 4. The number of anilines is 1. The molecule has 22 heavy (non-hydrogen) atoms. The number of benzene rings is 1. The normalized spacial score (nSPS) is 31.8. The van der Waals surface area contributed by atoms with Crippen molar-refractivity contribution in [3.05, 3.63) is 42.0 Å². The fourth-order valence-electron chi connectivity index (χ4n) is 4.05. The largest absolute Gasteiger partial charge is 0.465 e. The average molecular weight is 297 g/mol. The van der Waals surface area contributed by atoms with Crippen LogP contribution in [-0.4, -0.2) is 24.9 Å². The first-order chi connectivity index (χ1) is 10.6. The zero-order valence-corrected chi connectivity index (χ0v) is 12.1. The number of fused-ring (bicyclic) bond motifs is 5. The Morgan fingerprint density at radius 2 is 1.77 bits per heavy atom. The number of nitrogens with zero attached hydrogens (tertiary/aromatic N) is 1. The van der Waals surface area contributed by atoms with E-state index in [-0.39, 0.29) is 35.5 Å². The second kappa shape index (κ2) is 4.53. The zero-order valence-electron chi connectivity index (χ0n) is 12.1. The number of esters is 1. The Morgan fingerprint density at radius 1 is 1.14 bits per heavy atom. The first kappa shape index (κ1) is 13.2. The highest BCUT2D eigenvalue weighted by Gasteiger charge is 2.59. The Morgan fingerprint density at radius 3 is 2.36 bits per heavy atom. The van der Waals surface area contributed by atoms with E-state index in [4.69, 9.17) is 0 Å². The molecule has 1 saturated heterocycles. The summed E-state index contributed by atoms with van der Waals surface area (Å²) < 4.78 is 4.69. The molecule has 4 atom stereocenters. The third kappa shape index (κ3) is 1.62. The summed E-state index contributed by atoms with van der Waals surface area (Å²) in [5.74, 6) is -0.875. The molecule has 0 unspecified atom stereocenters. The number of amides is 2. The zero-order chi connectivity index (χ0) is 15.4. The molecule has 112 valence electrons. The number of rotatable bonds is 2. The summed E-state index contributed by atoms with van der Waals surface area (Å²) >= 11 is 0. The van der Waals surface area contributed by atoms with Gasteiger partial charge in [0.2, 0.25) is 11.8 Å². The number of hydrogen-bond donors (Lipinski definition) is 0. The van der Waals surface area contributed by atoms with Crippen molar-refractivity contribution >= 4 is 23.5 Å². The molecule has 1 aromatic rings. The van der Waals surface area contributed by atoms with Crippen LogP contribution < -0.4 is 4.90 Å². The summed E-state index contributed by atoms with van der Waals surface area (Å²) in [6.07, 6.45) is 5.03. The lowest BCUT2D eigenvalue weighted by Gasteiger charge is -2.17. The molecule has 1 aliphatic heterocycles. The molecular weight excluding hydrogens is 282 g/mol. The number of carbonyl (C=O) groups excluding carboxylic acids is 3. The minimum Gasteiger partial charge on any atom is -0.465 e. The fraction of sp³-hybridized carbons (Fsp3) is 0.353. The van der Waals surface area contributed by atoms with Crippen molar-refractivity contribution in [2.75, 3.05) is 12.0 Å². The maximum absolute atomic E-state index is 12.7. The van der Waals surface area contributed by atoms with Gasteiger partial charge in [-0.2, -0.15) is 0 Å². The van der Waals surface area contributed by atoms with E-state index in [9.17, 15) is 14.4 Å². The lowest BCUT2D eigenvalue weighted by atomic mass is 9.85. The highest BCUT2D eigenvalue weighted by atomic mass is 16.5. The molecule has 3 aliphatic rings. The lowest BCUT2D eigenvalue weighted by molar-refractivity contribution is -0.123. The van der Waals surface area contributed by atoms with E-state index in [1.165, 1.54) is 18.1 Å². The number of methoxy groups -OCH3 is 1. The predicted octanol–water partition coefficient (Wildman–Crippen LogP) is 1.78. The molecule has 2 aliphatic carbocycles. The molecule has 1 saturated carbocycles. The van der Waals surface area contributed by atoms with Crippen molar-refractivity contribution in [3.63, 3.8) is 0 Å². The molecule has 5 nitrogen and oxygen atoms in total. The van der Waals surface area contributed by atoms with Crippen LogP contribution in [0.3, 0.4) is 0 Å². The molecule has 0 N–H and O–H groups in total. The van der Waals surface area contributed by atoms with E-state index in [1.54, 1.807) is 18.2 Å². The van der Waals surface area contributed by atoms with Crippen LogP contribution in [0.15, 0.2) is 36.4 Å². The van der Waals surface area contributed by atoms with E-state index < -0.39 is 5.97 Å². The SMILES string of the molecule is COC(=O)c1cccc(N2C(=O)[C@@H]3[C@H](C2=O)[C@H]2C=C[C@@H]3C2)c1. The van der Waals surface area contributed by atoms with Gasteiger partial charge in [-0.15, -0.1) is 0 Å². The highest BCUT2D eigenvalue weighted by Crippen LogP contribution is 2.53.